The predicted molar refractivity (Wildman–Crippen MR) is 103 cm³/mol. The zero-order valence-corrected chi connectivity index (χ0v) is 15.5. The minimum absolute atomic E-state index is 0.0374. The molecule has 28 heavy (non-hydrogen) atoms. The van der Waals surface area contributed by atoms with E-state index in [1.165, 1.54) is 17.0 Å². The van der Waals surface area contributed by atoms with Crippen molar-refractivity contribution in [2.45, 2.75) is 18.6 Å². The molecule has 4 rings (SSSR count). The van der Waals surface area contributed by atoms with Crippen LogP contribution in [0.1, 0.15) is 12.0 Å². The minimum Gasteiger partial charge on any atom is -0.372 e. The number of carbonyl (C=O) groups is 2. The van der Waals surface area contributed by atoms with Crippen molar-refractivity contribution in [3.63, 3.8) is 0 Å². The van der Waals surface area contributed by atoms with Gasteiger partial charge in [0.1, 0.15) is 5.82 Å². The number of rotatable bonds is 4. The molecule has 3 aromatic rings. The Labute approximate surface area is 164 Å². The third-order valence-corrected chi connectivity index (χ3v) is 5.12. The maximum absolute atomic E-state index is 13.4. The number of hydrogen-bond acceptors (Lipinski definition) is 3. The van der Waals surface area contributed by atoms with Gasteiger partial charge in [0.15, 0.2) is 0 Å². The standard InChI is InChI=1S/C20H17ClFN3O3/c21-14-7-12(8-15(22)9-14)11-24-18(26)20(28)4-6-25(19(20)27)16-2-1-13-3-5-23-17(13)10-16/h1-3,5,7-10,23,28H,4,6,11H2,(H,24,26)/t20-/m0/s1. The summed E-state index contributed by atoms with van der Waals surface area (Å²) in [6.07, 6.45) is 1.76. The van der Waals surface area contributed by atoms with E-state index in [1.807, 2.05) is 12.1 Å². The van der Waals surface area contributed by atoms with Crippen LogP contribution in [0.15, 0.2) is 48.7 Å². The van der Waals surface area contributed by atoms with E-state index in [1.54, 1.807) is 18.3 Å². The van der Waals surface area contributed by atoms with E-state index in [0.717, 1.165) is 17.0 Å². The second kappa shape index (κ2) is 6.92. The molecule has 2 heterocycles. The number of benzene rings is 2. The highest BCUT2D eigenvalue weighted by Gasteiger charge is 2.51. The van der Waals surface area contributed by atoms with Gasteiger partial charge >= 0.3 is 0 Å². The van der Waals surface area contributed by atoms with Crippen LogP contribution in [-0.2, 0) is 16.1 Å². The van der Waals surface area contributed by atoms with Crippen LogP contribution in [0, 0.1) is 5.82 Å². The number of fused-ring (bicyclic) bond motifs is 1. The van der Waals surface area contributed by atoms with Crippen molar-refractivity contribution in [1.29, 1.82) is 0 Å². The smallest absolute Gasteiger partial charge is 0.268 e. The van der Waals surface area contributed by atoms with Crippen molar-refractivity contribution < 1.29 is 19.1 Å². The summed E-state index contributed by atoms with van der Waals surface area (Å²) in [4.78, 5) is 29.8. The maximum atomic E-state index is 13.4. The number of nitrogens with zero attached hydrogens (tertiary/aromatic N) is 1. The Morgan fingerprint density at radius 2 is 2.11 bits per heavy atom. The quantitative estimate of drug-likeness (QED) is 0.588. The van der Waals surface area contributed by atoms with Crippen LogP contribution < -0.4 is 10.2 Å². The molecule has 0 spiro atoms. The first kappa shape index (κ1) is 18.5. The lowest BCUT2D eigenvalue weighted by molar-refractivity contribution is -0.149. The average Bonchev–Trinajstić information content (AvgIpc) is 3.24. The molecule has 2 aromatic carbocycles. The first-order valence-corrected chi connectivity index (χ1v) is 9.09. The van der Waals surface area contributed by atoms with Gasteiger partial charge in [0.2, 0.25) is 5.60 Å². The third-order valence-electron chi connectivity index (χ3n) is 4.90. The predicted octanol–water partition coefficient (Wildman–Crippen LogP) is 2.74. The highest BCUT2D eigenvalue weighted by molar-refractivity contribution is 6.30. The van der Waals surface area contributed by atoms with Gasteiger partial charge < -0.3 is 20.3 Å². The van der Waals surface area contributed by atoms with E-state index >= 15 is 0 Å². The summed E-state index contributed by atoms with van der Waals surface area (Å²) in [6, 6.07) is 11.2. The number of aliphatic hydroxyl groups is 1. The van der Waals surface area contributed by atoms with Gasteiger partial charge in [0.05, 0.1) is 0 Å². The third kappa shape index (κ3) is 3.23. The van der Waals surface area contributed by atoms with Crippen LogP contribution in [0.4, 0.5) is 10.1 Å². The van der Waals surface area contributed by atoms with Crippen LogP contribution in [-0.4, -0.2) is 34.1 Å². The molecule has 2 amide bonds. The Morgan fingerprint density at radius 3 is 2.89 bits per heavy atom. The van der Waals surface area contributed by atoms with Gasteiger partial charge in [-0.25, -0.2) is 4.39 Å². The van der Waals surface area contributed by atoms with Crippen LogP contribution in [0.2, 0.25) is 5.02 Å². The molecular weight excluding hydrogens is 385 g/mol. The van der Waals surface area contributed by atoms with Crippen LogP contribution >= 0.6 is 11.6 Å². The number of carbonyl (C=O) groups excluding carboxylic acids is 2. The van der Waals surface area contributed by atoms with Gasteiger partial charge in [-0.1, -0.05) is 17.7 Å². The van der Waals surface area contributed by atoms with Crippen molar-refractivity contribution in [3.8, 4) is 0 Å². The average molecular weight is 402 g/mol. The molecule has 1 atom stereocenters. The summed E-state index contributed by atoms with van der Waals surface area (Å²) in [6.45, 7) is 0.154. The fraction of sp³-hybridized carbons (Fsp3) is 0.200. The van der Waals surface area contributed by atoms with Gasteiger partial charge in [-0.05, 0) is 47.3 Å². The number of anilines is 1. The van der Waals surface area contributed by atoms with Crippen LogP contribution in [0.3, 0.4) is 0 Å². The molecule has 1 saturated heterocycles. The Morgan fingerprint density at radius 1 is 1.29 bits per heavy atom. The second-order valence-corrected chi connectivity index (χ2v) is 7.21. The first-order chi connectivity index (χ1) is 13.4. The summed E-state index contributed by atoms with van der Waals surface area (Å²) >= 11 is 5.80. The summed E-state index contributed by atoms with van der Waals surface area (Å²) in [7, 11) is 0. The largest absolute Gasteiger partial charge is 0.372 e. The Kier molecular flexibility index (Phi) is 4.56. The summed E-state index contributed by atoms with van der Waals surface area (Å²) in [5.41, 5.74) is -0.280. The molecule has 0 radical (unpaired) electrons. The molecule has 8 heteroatoms. The highest BCUT2D eigenvalue weighted by atomic mass is 35.5. The zero-order valence-electron chi connectivity index (χ0n) is 14.7. The topological polar surface area (TPSA) is 85.4 Å². The molecule has 6 nitrogen and oxygen atoms in total. The SMILES string of the molecule is O=C(NCc1cc(F)cc(Cl)c1)[C@@]1(O)CCN(c2ccc3cc[nH]c3c2)C1=O. The molecule has 0 saturated carbocycles. The number of halogens is 2. The number of nitrogens with one attached hydrogen (secondary N) is 2. The van der Waals surface area contributed by atoms with E-state index < -0.39 is 23.2 Å². The fourth-order valence-corrected chi connectivity index (χ4v) is 3.65. The monoisotopic (exact) mass is 401 g/mol. The van der Waals surface area contributed by atoms with Crippen molar-refractivity contribution in [2.75, 3.05) is 11.4 Å². The van der Waals surface area contributed by atoms with Crippen molar-refractivity contribution in [3.05, 3.63) is 65.1 Å². The maximum Gasteiger partial charge on any atom is 0.268 e. The Bertz CT molecular complexity index is 1060. The molecule has 144 valence electrons. The van der Waals surface area contributed by atoms with E-state index in [9.17, 15) is 19.1 Å². The molecule has 0 aliphatic carbocycles. The number of H-pyrrole nitrogens is 1. The number of aromatic amines is 1. The number of hydrogen-bond donors (Lipinski definition) is 3. The van der Waals surface area contributed by atoms with Crippen molar-refractivity contribution >= 4 is 40.0 Å². The van der Waals surface area contributed by atoms with Crippen molar-refractivity contribution in [1.82, 2.24) is 10.3 Å². The second-order valence-electron chi connectivity index (χ2n) is 6.78. The lowest BCUT2D eigenvalue weighted by Crippen LogP contribution is -2.52. The number of amides is 2. The van der Waals surface area contributed by atoms with Crippen LogP contribution in [0.25, 0.3) is 10.9 Å². The van der Waals surface area contributed by atoms with Crippen molar-refractivity contribution in [2.24, 2.45) is 0 Å². The van der Waals surface area contributed by atoms with Crippen LogP contribution in [0.5, 0.6) is 0 Å². The number of aromatic nitrogens is 1. The molecule has 0 unspecified atom stereocenters. The van der Waals surface area contributed by atoms with Gasteiger partial charge in [0, 0.05) is 41.9 Å². The summed E-state index contributed by atoms with van der Waals surface area (Å²) in [5.74, 6) is -2.03. The van der Waals surface area contributed by atoms with Gasteiger partial charge in [-0.3, -0.25) is 9.59 Å². The molecule has 1 aromatic heterocycles. The van der Waals surface area contributed by atoms with E-state index in [4.69, 9.17) is 11.6 Å². The molecule has 1 aliphatic rings. The highest BCUT2D eigenvalue weighted by Crippen LogP contribution is 2.30. The molecule has 0 bridgehead atoms. The summed E-state index contributed by atoms with van der Waals surface area (Å²) in [5, 5.41) is 14.4. The zero-order chi connectivity index (χ0) is 19.9. The Balaban J connectivity index is 1.49. The van der Waals surface area contributed by atoms with Gasteiger partial charge in [-0.15, -0.1) is 0 Å². The molecule has 3 N–H and O–H groups in total. The Hall–Kier alpha value is -2.90. The molecule has 1 aliphatic heterocycles. The fourth-order valence-electron chi connectivity index (χ4n) is 3.41. The summed E-state index contributed by atoms with van der Waals surface area (Å²) < 4.78 is 13.4. The normalized spacial score (nSPS) is 19.4. The van der Waals surface area contributed by atoms with E-state index in [-0.39, 0.29) is 24.5 Å². The van der Waals surface area contributed by atoms with E-state index in [0.29, 0.717) is 11.3 Å². The minimum atomic E-state index is -2.16. The lowest BCUT2D eigenvalue weighted by Gasteiger charge is -2.22. The molecule has 1 fully saturated rings. The first-order valence-electron chi connectivity index (χ1n) is 8.71. The lowest BCUT2D eigenvalue weighted by atomic mass is 10.0. The van der Waals surface area contributed by atoms with Gasteiger partial charge in [0.25, 0.3) is 11.8 Å². The van der Waals surface area contributed by atoms with Gasteiger partial charge in [-0.2, -0.15) is 0 Å². The van der Waals surface area contributed by atoms with E-state index in [2.05, 4.69) is 10.3 Å². The molecular formula is C20H17ClFN3O3.